The lowest BCUT2D eigenvalue weighted by Gasteiger charge is -2.35. The fraction of sp³-hybridized carbons (Fsp3) is 0.611. The van der Waals surface area contributed by atoms with Gasteiger partial charge in [0, 0.05) is 12.6 Å². The Morgan fingerprint density at radius 2 is 1.96 bits per heavy atom. The van der Waals surface area contributed by atoms with Crippen LogP contribution in [0.3, 0.4) is 0 Å². The van der Waals surface area contributed by atoms with Crippen molar-refractivity contribution in [1.29, 1.82) is 0 Å². The summed E-state index contributed by atoms with van der Waals surface area (Å²) in [7, 11) is 1.66. The Hall–Kier alpha value is -1.75. The van der Waals surface area contributed by atoms with Crippen LogP contribution in [0.4, 0.5) is 4.79 Å². The van der Waals surface area contributed by atoms with Crippen LogP contribution in [0.25, 0.3) is 0 Å². The van der Waals surface area contributed by atoms with Crippen LogP contribution >= 0.6 is 0 Å². The molecule has 0 radical (unpaired) electrons. The smallest absolute Gasteiger partial charge is 0.317 e. The maximum Gasteiger partial charge on any atom is 0.317 e. The van der Waals surface area contributed by atoms with Crippen LogP contribution in [-0.2, 0) is 4.74 Å². The molecule has 0 bridgehead atoms. The van der Waals surface area contributed by atoms with E-state index in [2.05, 4.69) is 5.32 Å². The molecule has 1 atom stereocenters. The number of nitrogens with zero attached hydrogens (tertiary/aromatic N) is 1. The van der Waals surface area contributed by atoms with Gasteiger partial charge in [0.1, 0.15) is 11.9 Å². The highest BCUT2D eigenvalue weighted by Crippen LogP contribution is 2.25. The number of nitrogens with one attached hydrogen (secondary N) is 1. The highest BCUT2D eigenvalue weighted by Gasteiger charge is 2.27. The Labute approximate surface area is 137 Å². The van der Waals surface area contributed by atoms with Crippen LogP contribution < -0.4 is 10.1 Å². The van der Waals surface area contributed by atoms with E-state index in [9.17, 15) is 4.79 Å². The van der Waals surface area contributed by atoms with Crippen LogP contribution in [0, 0.1) is 0 Å². The van der Waals surface area contributed by atoms with Gasteiger partial charge in [-0.2, -0.15) is 0 Å². The minimum absolute atomic E-state index is 0.0544. The predicted octanol–water partition coefficient (Wildman–Crippen LogP) is 3.11. The molecular formula is C18H26N2O3. The summed E-state index contributed by atoms with van der Waals surface area (Å²) in [5.74, 6) is 0.830. The van der Waals surface area contributed by atoms with Gasteiger partial charge in [-0.1, -0.05) is 31.4 Å². The molecule has 126 valence electrons. The maximum absolute atomic E-state index is 12.5. The molecule has 1 heterocycles. The van der Waals surface area contributed by atoms with Gasteiger partial charge in [-0.25, -0.2) is 4.79 Å². The van der Waals surface area contributed by atoms with Crippen LogP contribution in [0.2, 0.25) is 0 Å². The number of rotatable bonds is 3. The minimum atomic E-state index is -0.0632. The summed E-state index contributed by atoms with van der Waals surface area (Å²) >= 11 is 0. The normalized spacial score (nSPS) is 22.7. The van der Waals surface area contributed by atoms with E-state index in [-0.39, 0.29) is 12.1 Å². The lowest BCUT2D eigenvalue weighted by Crippen LogP contribution is -2.50. The molecule has 3 rings (SSSR count). The van der Waals surface area contributed by atoms with Gasteiger partial charge in [0.25, 0.3) is 0 Å². The summed E-state index contributed by atoms with van der Waals surface area (Å²) in [5, 5.41) is 3.19. The molecule has 1 aromatic carbocycles. The van der Waals surface area contributed by atoms with E-state index < -0.39 is 0 Å². The van der Waals surface area contributed by atoms with Crippen molar-refractivity contribution >= 4 is 6.03 Å². The fourth-order valence-corrected chi connectivity index (χ4v) is 3.37. The Morgan fingerprint density at radius 3 is 2.65 bits per heavy atom. The van der Waals surface area contributed by atoms with Crippen molar-refractivity contribution in [3.8, 4) is 5.75 Å². The van der Waals surface area contributed by atoms with Crippen LogP contribution in [0.1, 0.15) is 43.8 Å². The first-order valence-corrected chi connectivity index (χ1v) is 8.57. The molecule has 0 aromatic heterocycles. The summed E-state index contributed by atoms with van der Waals surface area (Å²) in [5.41, 5.74) is 1.08. The Kier molecular flexibility index (Phi) is 5.39. The SMILES string of the molecule is COc1ccc(C2CN(C(=O)NC3CCCCC3)CCO2)cc1. The van der Waals surface area contributed by atoms with E-state index in [0.717, 1.165) is 24.2 Å². The second-order valence-corrected chi connectivity index (χ2v) is 6.36. The van der Waals surface area contributed by atoms with E-state index in [4.69, 9.17) is 9.47 Å². The highest BCUT2D eigenvalue weighted by atomic mass is 16.5. The van der Waals surface area contributed by atoms with Crippen molar-refractivity contribution in [2.75, 3.05) is 26.8 Å². The molecule has 2 aliphatic rings. The number of carbonyl (C=O) groups is 1. The molecular weight excluding hydrogens is 292 g/mol. The zero-order valence-electron chi connectivity index (χ0n) is 13.8. The number of methoxy groups -OCH3 is 1. The van der Waals surface area contributed by atoms with Crippen LogP contribution in [-0.4, -0.2) is 43.8 Å². The van der Waals surface area contributed by atoms with Gasteiger partial charge < -0.3 is 19.7 Å². The van der Waals surface area contributed by atoms with E-state index in [1.165, 1.54) is 19.3 Å². The molecule has 1 saturated carbocycles. The first-order chi connectivity index (χ1) is 11.3. The first kappa shape index (κ1) is 16.1. The monoisotopic (exact) mass is 318 g/mol. The zero-order chi connectivity index (χ0) is 16.1. The number of urea groups is 1. The van der Waals surface area contributed by atoms with Gasteiger partial charge in [0.15, 0.2) is 0 Å². The number of carbonyl (C=O) groups excluding carboxylic acids is 1. The van der Waals surface area contributed by atoms with E-state index in [1.807, 2.05) is 29.2 Å². The van der Waals surface area contributed by atoms with Gasteiger partial charge in [0.2, 0.25) is 0 Å². The van der Waals surface area contributed by atoms with Gasteiger partial charge in [-0.15, -0.1) is 0 Å². The fourth-order valence-electron chi connectivity index (χ4n) is 3.37. The van der Waals surface area contributed by atoms with Gasteiger partial charge in [-0.05, 0) is 30.5 Å². The van der Waals surface area contributed by atoms with E-state index >= 15 is 0 Å². The second-order valence-electron chi connectivity index (χ2n) is 6.36. The molecule has 1 N–H and O–H groups in total. The molecule has 5 heteroatoms. The van der Waals surface area contributed by atoms with Crippen molar-refractivity contribution in [1.82, 2.24) is 10.2 Å². The van der Waals surface area contributed by atoms with Gasteiger partial charge >= 0.3 is 6.03 Å². The predicted molar refractivity (Wildman–Crippen MR) is 88.7 cm³/mol. The summed E-state index contributed by atoms with van der Waals surface area (Å²) < 4.78 is 11.0. The Morgan fingerprint density at radius 1 is 1.22 bits per heavy atom. The third-order valence-corrected chi connectivity index (χ3v) is 4.77. The first-order valence-electron chi connectivity index (χ1n) is 8.57. The summed E-state index contributed by atoms with van der Waals surface area (Å²) in [6.07, 6.45) is 5.90. The lowest BCUT2D eigenvalue weighted by atomic mass is 9.96. The summed E-state index contributed by atoms with van der Waals surface area (Å²) in [6.45, 7) is 1.84. The zero-order valence-corrected chi connectivity index (χ0v) is 13.8. The molecule has 23 heavy (non-hydrogen) atoms. The number of amides is 2. The molecule has 0 spiro atoms. The third-order valence-electron chi connectivity index (χ3n) is 4.77. The Balaban J connectivity index is 1.57. The number of hydrogen-bond acceptors (Lipinski definition) is 3. The molecule has 1 aromatic rings. The largest absolute Gasteiger partial charge is 0.497 e. The molecule has 1 aliphatic carbocycles. The third kappa shape index (κ3) is 4.16. The van der Waals surface area contributed by atoms with Gasteiger partial charge in [-0.3, -0.25) is 0 Å². The van der Waals surface area contributed by atoms with Crippen molar-refractivity contribution in [3.63, 3.8) is 0 Å². The quantitative estimate of drug-likeness (QED) is 0.931. The van der Waals surface area contributed by atoms with Gasteiger partial charge in [0.05, 0.1) is 20.3 Å². The van der Waals surface area contributed by atoms with E-state index in [0.29, 0.717) is 25.7 Å². The average molecular weight is 318 g/mol. The topological polar surface area (TPSA) is 50.8 Å². The minimum Gasteiger partial charge on any atom is -0.497 e. The maximum atomic E-state index is 12.5. The summed E-state index contributed by atoms with van der Waals surface area (Å²) in [4.78, 5) is 14.4. The second kappa shape index (κ2) is 7.68. The molecule has 1 saturated heterocycles. The average Bonchev–Trinajstić information content (AvgIpc) is 2.63. The van der Waals surface area contributed by atoms with E-state index in [1.54, 1.807) is 7.11 Å². The van der Waals surface area contributed by atoms with Crippen molar-refractivity contribution < 1.29 is 14.3 Å². The number of hydrogen-bond donors (Lipinski definition) is 1. The Bertz CT molecular complexity index is 512. The van der Waals surface area contributed by atoms with Crippen molar-refractivity contribution in [2.45, 2.75) is 44.2 Å². The lowest BCUT2D eigenvalue weighted by molar-refractivity contribution is -0.0159. The molecule has 5 nitrogen and oxygen atoms in total. The van der Waals surface area contributed by atoms with Crippen LogP contribution in [0.15, 0.2) is 24.3 Å². The number of morpholine rings is 1. The number of ether oxygens (including phenoxy) is 2. The molecule has 1 unspecified atom stereocenters. The molecule has 2 fully saturated rings. The molecule has 1 aliphatic heterocycles. The van der Waals surface area contributed by atoms with Crippen LogP contribution in [0.5, 0.6) is 5.75 Å². The summed E-state index contributed by atoms with van der Waals surface area (Å²) in [6, 6.07) is 8.27. The van der Waals surface area contributed by atoms with Crippen molar-refractivity contribution in [3.05, 3.63) is 29.8 Å². The highest BCUT2D eigenvalue weighted by molar-refractivity contribution is 5.74. The van der Waals surface area contributed by atoms with Crippen molar-refractivity contribution in [2.24, 2.45) is 0 Å². The molecule has 2 amide bonds. The standard InChI is InChI=1S/C18H26N2O3/c1-22-16-9-7-14(8-10-16)17-13-20(11-12-23-17)18(21)19-15-5-3-2-4-6-15/h7-10,15,17H,2-6,11-13H2,1H3,(H,19,21). The number of benzene rings is 1.